The Hall–Kier alpha value is -3.26. The second-order valence-electron chi connectivity index (χ2n) is 8.58. The molecular formula is C27H34N4O3S. The van der Waals surface area contributed by atoms with E-state index in [-0.39, 0.29) is 28.8 Å². The zero-order valence-corrected chi connectivity index (χ0v) is 21.7. The van der Waals surface area contributed by atoms with Crippen LogP contribution >= 0.6 is 11.8 Å². The third-order valence-electron chi connectivity index (χ3n) is 5.94. The molecule has 0 aliphatic carbocycles. The van der Waals surface area contributed by atoms with E-state index in [9.17, 15) is 14.4 Å². The van der Waals surface area contributed by atoms with Crippen molar-refractivity contribution in [2.45, 2.75) is 51.7 Å². The third-order valence-corrected chi connectivity index (χ3v) is 7.09. The molecule has 8 heteroatoms. The number of carbonyl (C=O) groups excluding carboxylic acids is 2. The number of aromatic nitrogens is 2. The molecule has 3 aromatic rings. The van der Waals surface area contributed by atoms with Gasteiger partial charge in [-0.15, -0.1) is 11.8 Å². The number of amides is 2. The first-order chi connectivity index (χ1) is 16.8. The van der Waals surface area contributed by atoms with Crippen molar-refractivity contribution in [2.24, 2.45) is 7.05 Å². The number of hydrogen-bond donors (Lipinski definition) is 2. The molecule has 2 N–H and O–H groups in total. The van der Waals surface area contributed by atoms with Gasteiger partial charge in [0.15, 0.2) is 0 Å². The van der Waals surface area contributed by atoms with Crippen LogP contribution in [-0.4, -0.2) is 32.2 Å². The van der Waals surface area contributed by atoms with E-state index in [1.807, 2.05) is 54.6 Å². The maximum atomic E-state index is 13.0. The molecule has 35 heavy (non-hydrogen) atoms. The molecule has 0 fully saturated rings. The minimum absolute atomic E-state index is 0.134. The number of rotatable bonds is 11. The van der Waals surface area contributed by atoms with Crippen LogP contribution < -0.4 is 16.2 Å². The molecule has 1 aromatic heterocycles. The average molecular weight is 495 g/mol. The van der Waals surface area contributed by atoms with Gasteiger partial charge < -0.3 is 10.6 Å². The van der Waals surface area contributed by atoms with Gasteiger partial charge in [0.1, 0.15) is 5.69 Å². The van der Waals surface area contributed by atoms with Gasteiger partial charge in [0.05, 0.1) is 22.4 Å². The molecule has 3 rings (SSSR count). The van der Waals surface area contributed by atoms with E-state index in [0.717, 1.165) is 17.8 Å². The van der Waals surface area contributed by atoms with Gasteiger partial charge in [0.25, 0.3) is 5.56 Å². The number of hydrogen-bond acceptors (Lipinski definition) is 4. The first-order valence-corrected chi connectivity index (χ1v) is 13.0. The van der Waals surface area contributed by atoms with Gasteiger partial charge >= 0.3 is 0 Å². The van der Waals surface area contributed by atoms with E-state index in [0.29, 0.717) is 5.69 Å². The van der Waals surface area contributed by atoms with Crippen LogP contribution in [0.3, 0.4) is 0 Å². The number of nitrogens with zero attached hydrogens (tertiary/aromatic N) is 2. The number of aryl methyl sites for hydroxylation is 1. The lowest BCUT2D eigenvalue weighted by molar-refractivity contribution is -0.115. The standard InChI is InChI=1S/C27H34N4O3S/c1-5-6-8-11-21-14-16-22(17-15-21)28-24(32)18-35-20(3)26(33)29-25-19(2)30(4)31(27(25)34)23-12-9-7-10-13-23/h7,9-10,12-17,20H,5-6,8,11,18H2,1-4H3,(H,28,32)(H,29,33). The Morgan fingerprint density at radius 1 is 1.00 bits per heavy atom. The Balaban J connectivity index is 1.54. The highest BCUT2D eigenvalue weighted by Crippen LogP contribution is 2.18. The van der Waals surface area contributed by atoms with Gasteiger partial charge in [0, 0.05) is 12.7 Å². The highest BCUT2D eigenvalue weighted by atomic mass is 32.2. The van der Waals surface area contributed by atoms with Crippen molar-refractivity contribution in [3.05, 3.63) is 76.2 Å². The number of nitrogens with one attached hydrogen (secondary N) is 2. The number of thioether (sulfide) groups is 1. The maximum Gasteiger partial charge on any atom is 0.295 e. The van der Waals surface area contributed by atoms with Crippen molar-refractivity contribution in [1.82, 2.24) is 9.36 Å². The van der Waals surface area contributed by atoms with Crippen molar-refractivity contribution in [2.75, 3.05) is 16.4 Å². The highest BCUT2D eigenvalue weighted by molar-refractivity contribution is 8.01. The third kappa shape index (κ3) is 6.88. The van der Waals surface area contributed by atoms with E-state index in [1.165, 1.54) is 41.3 Å². The van der Waals surface area contributed by atoms with E-state index in [1.54, 1.807) is 25.6 Å². The van der Waals surface area contributed by atoms with Crippen LogP contribution in [0.1, 0.15) is 44.4 Å². The van der Waals surface area contributed by atoms with Crippen LogP contribution in [-0.2, 0) is 23.1 Å². The molecule has 186 valence electrons. The molecule has 0 spiro atoms. The van der Waals surface area contributed by atoms with E-state index >= 15 is 0 Å². The van der Waals surface area contributed by atoms with Gasteiger partial charge in [-0.2, -0.15) is 0 Å². The summed E-state index contributed by atoms with van der Waals surface area (Å²) < 4.78 is 3.24. The molecule has 0 aliphatic rings. The van der Waals surface area contributed by atoms with E-state index < -0.39 is 5.25 Å². The summed E-state index contributed by atoms with van der Waals surface area (Å²) in [6, 6.07) is 17.2. The quantitative estimate of drug-likeness (QED) is 0.371. The maximum absolute atomic E-state index is 13.0. The summed E-state index contributed by atoms with van der Waals surface area (Å²) in [6.45, 7) is 5.70. The van der Waals surface area contributed by atoms with E-state index in [4.69, 9.17) is 0 Å². The summed E-state index contributed by atoms with van der Waals surface area (Å²) in [6.07, 6.45) is 4.62. The fraction of sp³-hybridized carbons (Fsp3) is 0.370. The predicted octanol–water partition coefficient (Wildman–Crippen LogP) is 4.92. The number of anilines is 2. The van der Waals surface area contributed by atoms with Gasteiger partial charge in [-0.05, 0) is 56.5 Å². The first kappa shape index (κ1) is 26.3. The first-order valence-electron chi connectivity index (χ1n) is 12.0. The fourth-order valence-electron chi connectivity index (χ4n) is 3.74. The lowest BCUT2D eigenvalue weighted by atomic mass is 10.1. The highest BCUT2D eigenvalue weighted by Gasteiger charge is 2.21. The molecule has 2 amide bonds. The van der Waals surface area contributed by atoms with Crippen molar-refractivity contribution < 1.29 is 9.59 Å². The molecule has 0 bridgehead atoms. The SMILES string of the molecule is CCCCCc1ccc(NC(=O)CSC(C)C(=O)Nc2c(C)n(C)n(-c3ccccc3)c2=O)cc1. The molecule has 0 saturated heterocycles. The predicted molar refractivity (Wildman–Crippen MR) is 145 cm³/mol. The van der Waals surface area contributed by atoms with Crippen molar-refractivity contribution in [1.29, 1.82) is 0 Å². The molecule has 1 unspecified atom stereocenters. The Bertz CT molecular complexity index is 1200. The van der Waals surface area contributed by atoms with Crippen molar-refractivity contribution in [3.63, 3.8) is 0 Å². The summed E-state index contributed by atoms with van der Waals surface area (Å²) in [5.41, 5.74) is 3.33. The van der Waals surface area contributed by atoms with Crippen LogP contribution in [0.25, 0.3) is 5.69 Å². The summed E-state index contributed by atoms with van der Waals surface area (Å²) >= 11 is 1.23. The van der Waals surface area contributed by atoms with Gasteiger partial charge in [-0.25, -0.2) is 4.68 Å². The molecule has 2 aromatic carbocycles. The zero-order chi connectivity index (χ0) is 25.4. The summed E-state index contributed by atoms with van der Waals surface area (Å²) in [5, 5.41) is 5.14. The van der Waals surface area contributed by atoms with Crippen LogP contribution in [0, 0.1) is 6.92 Å². The molecule has 0 radical (unpaired) electrons. The molecular weight excluding hydrogens is 460 g/mol. The monoisotopic (exact) mass is 494 g/mol. The van der Waals surface area contributed by atoms with Crippen LogP contribution in [0.2, 0.25) is 0 Å². The zero-order valence-electron chi connectivity index (χ0n) is 20.8. The Morgan fingerprint density at radius 2 is 1.69 bits per heavy atom. The second-order valence-corrected chi connectivity index (χ2v) is 9.91. The Morgan fingerprint density at radius 3 is 2.34 bits per heavy atom. The Kier molecular flexibility index (Phi) is 9.37. The Labute approximate surface area is 210 Å². The summed E-state index contributed by atoms with van der Waals surface area (Å²) in [7, 11) is 1.78. The number of para-hydroxylation sites is 1. The van der Waals surface area contributed by atoms with Crippen LogP contribution in [0.5, 0.6) is 0 Å². The van der Waals surface area contributed by atoms with Crippen molar-refractivity contribution >= 4 is 35.0 Å². The minimum atomic E-state index is -0.508. The summed E-state index contributed by atoms with van der Waals surface area (Å²) in [4.78, 5) is 38.1. The lowest BCUT2D eigenvalue weighted by Gasteiger charge is -2.12. The van der Waals surface area contributed by atoms with Crippen LogP contribution in [0.15, 0.2) is 59.4 Å². The minimum Gasteiger partial charge on any atom is -0.325 e. The molecule has 1 heterocycles. The number of benzene rings is 2. The molecule has 7 nitrogen and oxygen atoms in total. The molecule has 1 atom stereocenters. The fourth-order valence-corrected chi connectivity index (χ4v) is 4.43. The topological polar surface area (TPSA) is 85.1 Å². The second kappa shape index (κ2) is 12.4. The number of carbonyl (C=O) groups is 2. The molecule has 0 aliphatic heterocycles. The number of unbranched alkanes of at least 4 members (excludes halogenated alkanes) is 2. The van der Waals surface area contributed by atoms with Crippen molar-refractivity contribution in [3.8, 4) is 5.69 Å². The van der Waals surface area contributed by atoms with Gasteiger partial charge in [-0.1, -0.05) is 50.1 Å². The van der Waals surface area contributed by atoms with Gasteiger partial charge in [0.2, 0.25) is 11.8 Å². The lowest BCUT2D eigenvalue weighted by Crippen LogP contribution is -2.28. The largest absolute Gasteiger partial charge is 0.325 e. The van der Waals surface area contributed by atoms with E-state index in [2.05, 4.69) is 17.6 Å². The van der Waals surface area contributed by atoms with Crippen LogP contribution in [0.4, 0.5) is 11.4 Å². The average Bonchev–Trinajstić information content (AvgIpc) is 3.07. The smallest absolute Gasteiger partial charge is 0.295 e. The summed E-state index contributed by atoms with van der Waals surface area (Å²) in [5.74, 6) is -0.351. The normalized spacial score (nSPS) is 11.8. The molecule has 0 saturated carbocycles. The van der Waals surface area contributed by atoms with Gasteiger partial charge in [-0.3, -0.25) is 19.1 Å².